The van der Waals surface area contributed by atoms with Gasteiger partial charge < -0.3 is 29.7 Å². The molecular formula is C25H29BN2O4. The van der Waals surface area contributed by atoms with Crippen LogP contribution in [-0.4, -0.2) is 56.6 Å². The highest BCUT2D eigenvalue weighted by atomic mass is 16.5. The average Bonchev–Trinajstić information content (AvgIpc) is 3.04. The van der Waals surface area contributed by atoms with Crippen molar-refractivity contribution in [2.45, 2.75) is 12.5 Å². The Morgan fingerprint density at radius 1 is 1.00 bits per heavy atom. The van der Waals surface area contributed by atoms with Gasteiger partial charge in [-0.15, -0.1) is 0 Å². The van der Waals surface area contributed by atoms with Crippen LogP contribution in [0.25, 0.3) is 11.1 Å². The number of methoxy groups -OCH3 is 1. The maximum Gasteiger partial charge on any atom is 0.488 e. The maximum atomic E-state index is 8.58. The van der Waals surface area contributed by atoms with Gasteiger partial charge in [-0.2, -0.15) is 0 Å². The standard InChI is InChI=1S/C19H22N2O2.C6H7BO2/c1-22-17-4-2-3-14(11-17)15-5-6-19-18(12-15)21-9-8-20-13-16(21)7-10-23-19;8-7(9)6-4-2-1-3-5-6/h2-6,11-12,16,20H,7-10,13H2,1H3;1-5,8-9H/t16-;/m0./s1. The zero-order chi connectivity index (χ0) is 22.3. The number of rotatable bonds is 3. The Labute approximate surface area is 189 Å². The number of nitrogens with one attached hydrogen (secondary N) is 1. The monoisotopic (exact) mass is 432 g/mol. The SMILES string of the molecule is COc1cccc(-c2ccc3c(c2)N2CCNC[C@@H]2CCO3)c1.OB(O)c1ccccc1. The molecule has 0 unspecified atom stereocenters. The fourth-order valence-electron chi connectivity index (χ4n) is 4.11. The van der Waals surface area contributed by atoms with Crippen molar-refractivity contribution in [3.63, 3.8) is 0 Å². The van der Waals surface area contributed by atoms with E-state index in [0.29, 0.717) is 11.5 Å². The molecule has 0 radical (unpaired) electrons. The van der Waals surface area contributed by atoms with Gasteiger partial charge in [0, 0.05) is 32.1 Å². The molecule has 3 aromatic rings. The summed E-state index contributed by atoms with van der Waals surface area (Å²) in [5.74, 6) is 1.88. The largest absolute Gasteiger partial charge is 0.497 e. The van der Waals surface area contributed by atoms with Crippen molar-refractivity contribution in [1.82, 2.24) is 5.32 Å². The number of ether oxygens (including phenoxy) is 2. The van der Waals surface area contributed by atoms with E-state index in [-0.39, 0.29) is 0 Å². The van der Waals surface area contributed by atoms with Gasteiger partial charge in [0.05, 0.1) is 19.4 Å². The first-order chi connectivity index (χ1) is 15.7. The fraction of sp³-hybridized carbons (Fsp3) is 0.280. The molecular weight excluding hydrogens is 403 g/mol. The van der Waals surface area contributed by atoms with Crippen molar-refractivity contribution in [1.29, 1.82) is 0 Å². The highest BCUT2D eigenvalue weighted by Gasteiger charge is 2.27. The minimum absolute atomic E-state index is 0.519. The molecule has 1 atom stereocenters. The number of anilines is 1. The van der Waals surface area contributed by atoms with Crippen LogP contribution in [-0.2, 0) is 0 Å². The predicted molar refractivity (Wildman–Crippen MR) is 129 cm³/mol. The number of hydrogen-bond donors (Lipinski definition) is 3. The molecule has 0 aromatic heterocycles. The number of hydrogen-bond acceptors (Lipinski definition) is 6. The summed E-state index contributed by atoms with van der Waals surface area (Å²) in [5, 5.41) is 20.6. The summed E-state index contributed by atoms with van der Waals surface area (Å²) in [6.45, 7) is 3.88. The Balaban J connectivity index is 0.000000230. The van der Waals surface area contributed by atoms with Crippen LogP contribution >= 0.6 is 0 Å². The van der Waals surface area contributed by atoms with Gasteiger partial charge in [-0.3, -0.25) is 0 Å². The minimum atomic E-state index is -1.34. The van der Waals surface area contributed by atoms with E-state index in [4.69, 9.17) is 19.5 Å². The smallest absolute Gasteiger partial charge is 0.488 e. The van der Waals surface area contributed by atoms with E-state index in [0.717, 1.165) is 44.2 Å². The van der Waals surface area contributed by atoms with Gasteiger partial charge in [0.1, 0.15) is 11.5 Å². The van der Waals surface area contributed by atoms with Crippen molar-refractivity contribution < 1.29 is 19.5 Å². The van der Waals surface area contributed by atoms with Crippen LogP contribution in [0.2, 0.25) is 0 Å². The van der Waals surface area contributed by atoms with Crippen molar-refractivity contribution in [2.75, 3.05) is 38.3 Å². The first-order valence-electron chi connectivity index (χ1n) is 11.0. The Morgan fingerprint density at radius 2 is 1.81 bits per heavy atom. The summed E-state index contributed by atoms with van der Waals surface area (Å²) in [6.07, 6.45) is 1.07. The van der Waals surface area contributed by atoms with Crippen LogP contribution in [0.3, 0.4) is 0 Å². The molecule has 3 N–H and O–H groups in total. The predicted octanol–water partition coefficient (Wildman–Crippen LogP) is 2.29. The van der Waals surface area contributed by atoms with Crippen molar-refractivity contribution in [3.8, 4) is 22.6 Å². The second kappa shape index (κ2) is 10.5. The van der Waals surface area contributed by atoms with Crippen LogP contribution in [0.4, 0.5) is 5.69 Å². The van der Waals surface area contributed by atoms with Crippen LogP contribution in [0.1, 0.15) is 6.42 Å². The zero-order valence-electron chi connectivity index (χ0n) is 18.3. The van der Waals surface area contributed by atoms with Crippen molar-refractivity contribution in [2.24, 2.45) is 0 Å². The molecule has 2 heterocycles. The van der Waals surface area contributed by atoms with E-state index in [2.05, 4.69) is 40.5 Å². The van der Waals surface area contributed by atoms with Crippen molar-refractivity contribution in [3.05, 3.63) is 72.8 Å². The summed E-state index contributed by atoms with van der Waals surface area (Å²) in [5.41, 5.74) is 4.11. The number of fused-ring (bicyclic) bond motifs is 3. The van der Waals surface area contributed by atoms with Gasteiger partial charge >= 0.3 is 7.12 Å². The third-order valence-electron chi connectivity index (χ3n) is 5.83. The molecule has 7 heteroatoms. The van der Waals surface area contributed by atoms with Gasteiger partial charge in [0.15, 0.2) is 0 Å². The molecule has 5 rings (SSSR count). The second-order valence-corrected chi connectivity index (χ2v) is 7.89. The number of nitrogens with zero attached hydrogens (tertiary/aromatic N) is 1. The highest BCUT2D eigenvalue weighted by Crippen LogP contribution is 2.37. The molecule has 0 saturated carbocycles. The highest BCUT2D eigenvalue weighted by molar-refractivity contribution is 6.58. The van der Waals surface area contributed by atoms with Gasteiger partial charge in [0.25, 0.3) is 0 Å². The molecule has 2 aliphatic rings. The lowest BCUT2D eigenvalue weighted by Crippen LogP contribution is -2.51. The van der Waals surface area contributed by atoms with E-state index in [1.807, 2.05) is 18.2 Å². The lowest BCUT2D eigenvalue weighted by Gasteiger charge is -2.36. The molecule has 0 amide bonds. The van der Waals surface area contributed by atoms with Crippen LogP contribution in [0.5, 0.6) is 11.5 Å². The minimum Gasteiger partial charge on any atom is -0.497 e. The topological polar surface area (TPSA) is 74.2 Å². The first-order valence-corrected chi connectivity index (χ1v) is 11.0. The Hall–Kier alpha value is -3.00. The molecule has 6 nitrogen and oxygen atoms in total. The number of piperazine rings is 1. The normalized spacial score (nSPS) is 17.0. The molecule has 166 valence electrons. The van der Waals surface area contributed by atoms with Gasteiger partial charge in [-0.25, -0.2) is 0 Å². The molecule has 2 aliphatic heterocycles. The molecule has 32 heavy (non-hydrogen) atoms. The Kier molecular flexibility index (Phi) is 7.32. The third kappa shape index (κ3) is 5.25. The van der Waals surface area contributed by atoms with E-state index in [1.54, 1.807) is 31.4 Å². The summed E-state index contributed by atoms with van der Waals surface area (Å²) in [7, 11) is 0.362. The van der Waals surface area contributed by atoms with Gasteiger partial charge in [0.2, 0.25) is 0 Å². The second-order valence-electron chi connectivity index (χ2n) is 7.89. The molecule has 0 aliphatic carbocycles. The zero-order valence-corrected chi connectivity index (χ0v) is 18.3. The van der Waals surface area contributed by atoms with Crippen LogP contribution in [0.15, 0.2) is 72.8 Å². The molecule has 0 spiro atoms. The summed E-state index contributed by atoms with van der Waals surface area (Å²) in [4.78, 5) is 2.50. The summed E-state index contributed by atoms with van der Waals surface area (Å²) < 4.78 is 11.3. The van der Waals surface area contributed by atoms with Crippen molar-refractivity contribution >= 4 is 18.3 Å². The lowest BCUT2D eigenvalue weighted by atomic mass is 9.81. The quantitative estimate of drug-likeness (QED) is 0.552. The molecule has 1 fully saturated rings. The van der Waals surface area contributed by atoms with E-state index in [9.17, 15) is 0 Å². The van der Waals surface area contributed by atoms with E-state index < -0.39 is 7.12 Å². The van der Waals surface area contributed by atoms with Gasteiger partial charge in [-0.05, 0) is 40.9 Å². The van der Waals surface area contributed by atoms with Gasteiger partial charge in [-0.1, -0.05) is 48.5 Å². The molecule has 0 bridgehead atoms. The molecule has 3 aromatic carbocycles. The Morgan fingerprint density at radius 3 is 2.56 bits per heavy atom. The van der Waals surface area contributed by atoms with E-state index in [1.165, 1.54) is 16.8 Å². The third-order valence-corrected chi connectivity index (χ3v) is 5.83. The summed E-state index contributed by atoms with van der Waals surface area (Å²) in [6, 6.07) is 23.9. The molecule has 1 saturated heterocycles. The first kappa shape index (κ1) is 22.2. The maximum absolute atomic E-state index is 8.58. The average molecular weight is 432 g/mol. The fourth-order valence-corrected chi connectivity index (χ4v) is 4.11. The van der Waals surface area contributed by atoms with Crippen LogP contribution in [0, 0.1) is 0 Å². The number of benzene rings is 3. The Bertz CT molecular complexity index is 1020. The van der Waals surface area contributed by atoms with Crippen LogP contribution < -0.4 is 25.2 Å². The van der Waals surface area contributed by atoms with E-state index >= 15 is 0 Å². The summed E-state index contributed by atoms with van der Waals surface area (Å²) >= 11 is 0. The lowest BCUT2D eigenvalue weighted by molar-refractivity contribution is 0.304.